The van der Waals surface area contributed by atoms with Gasteiger partial charge in [0.15, 0.2) is 5.82 Å². The first kappa shape index (κ1) is 10.6. The first-order valence-electron chi connectivity index (χ1n) is 5.10. The van der Waals surface area contributed by atoms with Crippen molar-refractivity contribution in [3.05, 3.63) is 36.0 Å². The lowest BCUT2D eigenvalue weighted by Crippen LogP contribution is -2.06. The molecule has 2 aromatic rings. The standard InChI is InChI=1S/C11H13N5/c1-8-6-9(2-4-12)16-11(15-8)10-3-5-13-7-14-10/h3,5-7H,2,4,12H2,1H3. The zero-order valence-electron chi connectivity index (χ0n) is 9.09. The van der Waals surface area contributed by atoms with Gasteiger partial charge in [-0.3, -0.25) is 0 Å². The first-order chi connectivity index (χ1) is 7.79. The molecule has 0 aliphatic heterocycles. The molecule has 0 fully saturated rings. The number of aromatic nitrogens is 4. The van der Waals surface area contributed by atoms with Crippen LogP contribution in [-0.2, 0) is 6.42 Å². The SMILES string of the molecule is Cc1cc(CCN)nc(-c2ccncn2)n1. The van der Waals surface area contributed by atoms with Crippen molar-refractivity contribution in [3.63, 3.8) is 0 Å². The Hall–Kier alpha value is -1.88. The van der Waals surface area contributed by atoms with Crippen LogP contribution in [0.2, 0.25) is 0 Å². The molecular formula is C11H13N5. The Morgan fingerprint density at radius 1 is 1.31 bits per heavy atom. The molecule has 0 unspecified atom stereocenters. The molecule has 0 spiro atoms. The highest BCUT2D eigenvalue weighted by molar-refractivity contribution is 5.48. The summed E-state index contributed by atoms with van der Waals surface area (Å²) in [6.07, 6.45) is 3.92. The molecule has 2 rings (SSSR count). The molecular weight excluding hydrogens is 202 g/mol. The van der Waals surface area contributed by atoms with Crippen molar-refractivity contribution in [1.82, 2.24) is 19.9 Å². The Bertz CT molecular complexity index is 469. The van der Waals surface area contributed by atoms with Gasteiger partial charge in [0.1, 0.15) is 12.0 Å². The molecule has 0 aromatic carbocycles. The average Bonchev–Trinajstić information content (AvgIpc) is 2.30. The molecule has 0 atom stereocenters. The van der Waals surface area contributed by atoms with Crippen LogP contribution in [0.1, 0.15) is 11.4 Å². The first-order valence-corrected chi connectivity index (χ1v) is 5.10. The summed E-state index contributed by atoms with van der Waals surface area (Å²) in [7, 11) is 0. The Morgan fingerprint density at radius 3 is 2.88 bits per heavy atom. The highest BCUT2D eigenvalue weighted by Gasteiger charge is 2.05. The van der Waals surface area contributed by atoms with Crippen LogP contribution in [0.3, 0.4) is 0 Å². The lowest BCUT2D eigenvalue weighted by Gasteiger charge is -2.04. The van der Waals surface area contributed by atoms with Crippen LogP contribution in [0.5, 0.6) is 0 Å². The summed E-state index contributed by atoms with van der Waals surface area (Å²) < 4.78 is 0. The maximum atomic E-state index is 5.51. The van der Waals surface area contributed by atoms with Gasteiger partial charge in [-0.1, -0.05) is 0 Å². The van der Waals surface area contributed by atoms with Gasteiger partial charge in [-0.05, 0) is 25.6 Å². The maximum Gasteiger partial charge on any atom is 0.178 e. The molecule has 5 nitrogen and oxygen atoms in total. The highest BCUT2D eigenvalue weighted by Crippen LogP contribution is 2.12. The fourth-order valence-electron chi connectivity index (χ4n) is 1.45. The predicted octanol–water partition coefficient (Wildman–Crippen LogP) is 0.743. The van der Waals surface area contributed by atoms with Crippen molar-refractivity contribution in [2.45, 2.75) is 13.3 Å². The second-order valence-corrected chi connectivity index (χ2v) is 3.46. The number of hydrogen-bond donors (Lipinski definition) is 1. The molecule has 2 heterocycles. The van der Waals surface area contributed by atoms with Crippen LogP contribution in [0.4, 0.5) is 0 Å². The minimum Gasteiger partial charge on any atom is -0.330 e. The minimum absolute atomic E-state index is 0.583. The molecule has 2 aromatic heterocycles. The summed E-state index contributed by atoms with van der Waals surface area (Å²) in [5, 5.41) is 0. The summed E-state index contributed by atoms with van der Waals surface area (Å²) >= 11 is 0. The van der Waals surface area contributed by atoms with Crippen LogP contribution in [0, 0.1) is 6.92 Å². The number of rotatable bonds is 3. The van der Waals surface area contributed by atoms with Crippen molar-refractivity contribution in [2.75, 3.05) is 6.54 Å². The molecule has 0 aliphatic carbocycles. The molecule has 0 radical (unpaired) electrons. The van der Waals surface area contributed by atoms with Gasteiger partial charge in [-0.15, -0.1) is 0 Å². The van der Waals surface area contributed by atoms with Gasteiger partial charge >= 0.3 is 0 Å². The van der Waals surface area contributed by atoms with Crippen molar-refractivity contribution in [2.24, 2.45) is 5.73 Å². The van der Waals surface area contributed by atoms with E-state index in [1.165, 1.54) is 6.33 Å². The highest BCUT2D eigenvalue weighted by atomic mass is 14.9. The van der Waals surface area contributed by atoms with Crippen molar-refractivity contribution < 1.29 is 0 Å². The summed E-state index contributed by atoms with van der Waals surface area (Å²) in [4.78, 5) is 16.7. The smallest absolute Gasteiger partial charge is 0.178 e. The number of nitrogens with zero attached hydrogens (tertiary/aromatic N) is 4. The molecule has 0 saturated heterocycles. The average molecular weight is 215 g/mol. The lowest BCUT2D eigenvalue weighted by molar-refractivity contribution is 0.901. The van der Waals surface area contributed by atoms with E-state index in [1.807, 2.05) is 13.0 Å². The van der Waals surface area contributed by atoms with E-state index in [9.17, 15) is 0 Å². The molecule has 82 valence electrons. The molecule has 2 N–H and O–H groups in total. The zero-order valence-corrected chi connectivity index (χ0v) is 9.09. The Morgan fingerprint density at radius 2 is 2.19 bits per heavy atom. The Balaban J connectivity index is 2.41. The van der Waals surface area contributed by atoms with Crippen LogP contribution in [-0.4, -0.2) is 26.5 Å². The second-order valence-electron chi connectivity index (χ2n) is 3.46. The van der Waals surface area contributed by atoms with E-state index in [-0.39, 0.29) is 0 Å². The molecule has 0 aliphatic rings. The van der Waals surface area contributed by atoms with Gasteiger partial charge in [0, 0.05) is 24.0 Å². The number of nitrogens with two attached hydrogens (primary N) is 1. The Kier molecular flexibility index (Phi) is 3.16. The van der Waals surface area contributed by atoms with Gasteiger partial charge in [0.05, 0.1) is 0 Å². The van der Waals surface area contributed by atoms with Crippen molar-refractivity contribution >= 4 is 0 Å². The van der Waals surface area contributed by atoms with E-state index < -0.39 is 0 Å². The third-order valence-electron chi connectivity index (χ3n) is 2.12. The van der Waals surface area contributed by atoms with E-state index in [0.717, 1.165) is 23.5 Å². The zero-order chi connectivity index (χ0) is 11.4. The van der Waals surface area contributed by atoms with Gasteiger partial charge in [0.2, 0.25) is 0 Å². The molecule has 0 saturated carbocycles. The van der Waals surface area contributed by atoms with Gasteiger partial charge in [-0.2, -0.15) is 0 Å². The third kappa shape index (κ3) is 2.38. The summed E-state index contributed by atoms with van der Waals surface area (Å²) in [6.45, 7) is 2.52. The topological polar surface area (TPSA) is 77.6 Å². The van der Waals surface area contributed by atoms with E-state index in [2.05, 4.69) is 19.9 Å². The summed E-state index contributed by atoms with van der Waals surface area (Å²) in [6, 6.07) is 3.73. The largest absolute Gasteiger partial charge is 0.330 e. The van der Waals surface area contributed by atoms with Crippen molar-refractivity contribution in [3.8, 4) is 11.5 Å². The fourth-order valence-corrected chi connectivity index (χ4v) is 1.45. The fraction of sp³-hybridized carbons (Fsp3) is 0.273. The Labute approximate surface area is 93.8 Å². The summed E-state index contributed by atoms with van der Waals surface area (Å²) in [5.74, 6) is 0.630. The normalized spacial score (nSPS) is 10.4. The van der Waals surface area contributed by atoms with Gasteiger partial charge in [0.25, 0.3) is 0 Å². The maximum absolute atomic E-state index is 5.51. The second kappa shape index (κ2) is 4.76. The van der Waals surface area contributed by atoms with Gasteiger partial charge in [-0.25, -0.2) is 19.9 Å². The number of hydrogen-bond acceptors (Lipinski definition) is 5. The summed E-state index contributed by atoms with van der Waals surface area (Å²) in [5.41, 5.74) is 8.12. The van der Waals surface area contributed by atoms with E-state index in [1.54, 1.807) is 12.3 Å². The third-order valence-corrected chi connectivity index (χ3v) is 2.12. The molecule has 0 amide bonds. The number of aryl methyl sites for hydroxylation is 1. The van der Waals surface area contributed by atoms with E-state index in [4.69, 9.17) is 5.73 Å². The lowest BCUT2D eigenvalue weighted by atomic mass is 10.2. The van der Waals surface area contributed by atoms with Crippen LogP contribution < -0.4 is 5.73 Å². The van der Waals surface area contributed by atoms with Crippen LogP contribution >= 0.6 is 0 Å². The van der Waals surface area contributed by atoms with Crippen LogP contribution in [0.25, 0.3) is 11.5 Å². The van der Waals surface area contributed by atoms with E-state index >= 15 is 0 Å². The molecule has 5 heteroatoms. The van der Waals surface area contributed by atoms with Crippen molar-refractivity contribution in [1.29, 1.82) is 0 Å². The molecule has 16 heavy (non-hydrogen) atoms. The predicted molar refractivity (Wildman–Crippen MR) is 60.6 cm³/mol. The monoisotopic (exact) mass is 215 g/mol. The van der Waals surface area contributed by atoms with E-state index in [0.29, 0.717) is 12.4 Å². The van der Waals surface area contributed by atoms with Gasteiger partial charge < -0.3 is 5.73 Å². The minimum atomic E-state index is 0.583. The van der Waals surface area contributed by atoms with Crippen LogP contribution in [0.15, 0.2) is 24.7 Å². The molecule has 0 bridgehead atoms. The quantitative estimate of drug-likeness (QED) is 0.817.